The SMILES string of the molecule is CCCN(C(=O)c1cc2cc3ccc(OC)cc3nc2s1)c1ccc(CC)cc1. The van der Waals surface area contributed by atoms with Gasteiger partial charge in [-0.1, -0.05) is 26.0 Å². The molecule has 2 aromatic heterocycles. The molecule has 0 bridgehead atoms. The van der Waals surface area contributed by atoms with Crippen molar-refractivity contribution < 1.29 is 9.53 Å². The first kappa shape index (κ1) is 19.4. The Kier molecular flexibility index (Phi) is 5.49. The molecule has 0 unspecified atom stereocenters. The molecular formula is C24H24N2O2S. The summed E-state index contributed by atoms with van der Waals surface area (Å²) in [6, 6.07) is 18.2. The minimum Gasteiger partial charge on any atom is -0.497 e. The van der Waals surface area contributed by atoms with Gasteiger partial charge in [0.25, 0.3) is 5.91 Å². The number of methoxy groups -OCH3 is 1. The van der Waals surface area contributed by atoms with Crippen LogP contribution in [0.15, 0.2) is 54.6 Å². The number of thiophene rings is 1. The topological polar surface area (TPSA) is 42.4 Å². The van der Waals surface area contributed by atoms with Crippen LogP contribution in [0.2, 0.25) is 0 Å². The molecule has 2 heterocycles. The number of hydrogen-bond acceptors (Lipinski definition) is 4. The Balaban J connectivity index is 1.72. The zero-order valence-corrected chi connectivity index (χ0v) is 17.8. The average Bonchev–Trinajstić information content (AvgIpc) is 3.18. The second-order valence-corrected chi connectivity index (χ2v) is 8.06. The van der Waals surface area contributed by atoms with Gasteiger partial charge in [-0.3, -0.25) is 4.79 Å². The fourth-order valence-corrected chi connectivity index (χ4v) is 4.43. The Bertz CT molecular complexity index is 1160. The number of rotatable bonds is 6. The molecule has 148 valence electrons. The van der Waals surface area contributed by atoms with Gasteiger partial charge in [-0.15, -0.1) is 11.3 Å². The first-order valence-electron chi connectivity index (χ1n) is 9.92. The van der Waals surface area contributed by atoms with Gasteiger partial charge in [-0.25, -0.2) is 4.98 Å². The number of aromatic nitrogens is 1. The number of hydrogen-bond donors (Lipinski definition) is 0. The number of nitrogens with zero attached hydrogens (tertiary/aromatic N) is 2. The van der Waals surface area contributed by atoms with Gasteiger partial charge in [0.05, 0.1) is 17.5 Å². The predicted octanol–water partition coefficient (Wildman–Crippen LogP) is 6.08. The average molecular weight is 405 g/mol. The minimum absolute atomic E-state index is 0.0285. The lowest BCUT2D eigenvalue weighted by Crippen LogP contribution is -2.31. The van der Waals surface area contributed by atoms with Crippen molar-refractivity contribution in [1.29, 1.82) is 0 Å². The maximum Gasteiger partial charge on any atom is 0.268 e. The van der Waals surface area contributed by atoms with Crippen molar-refractivity contribution in [2.45, 2.75) is 26.7 Å². The van der Waals surface area contributed by atoms with E-state index in [0.717, 1.165) is 45.4 Å². The Morgan fingerprint density at radius 2 is 1.83 bits per heavy atom. The fraction of sp³-hybridized carbons (Fsp3) is 0.250. The minimum atomic E-state index is 0.0285. The van der Waals surface area contributed by atoms with Gasteiger partial charge in [0.15, 0.2) is 0 Å². The van der Waals surface area contributed by atoms with Crippen LogP contribution in [0.3, 0.4) is 0 Å². The second kappa shape index (κ2) is 8.21. The van der Waals surface area contributed by atoms with E-state index in [-0.39, 0.29) is 5.91 Å². The van der Waals surface area contributed by atoms with Crippen molar-refractivity contribution in [3.05, 3.63) is 65.0 Å². The van der Waals surface area contributed by atoms with Crippen molar-refractivity contribution in [2.75, 3.05) is 18.6 Å². The van der Waals surface area contributed by atoms with E-state index in [1.165, 1.54) is 16.9 Å². The van der Waals surface area contributed by atoms with Crippen LogP contribution in [-0.4, -0.2) is 24.5 Å². The molecule has 4 nitrogen and oxygen atoms in total. The fourth-order valence-electron chi connectivity index (χ4n) is 3.45. The van der Waals surface area contributed by atoms with Crippen LogP contribution in [0, 0.1) is 0 Å². The summed E-state index contributed by atoms with van der Waals surface area (Å²) in [5.74, 6) is 0.808. The normalized spacial score (nSPS) is 11.1. The van der Waals surface area contributed by atoms with Crippen LogP contribution < -0.4 is 9.64 Å². The Labute approximate surface area is 174 Å². The quantitative estimate of drug-likeness (QED) is 0.391. The smallest absolute Gasteiger partial charge is 0.268 e. The highest BCUT2D eigenvalue weighted by Gasteiger charge is 2.20. The molecule has 0 aliphatic carbocycles. The van der Waals surface area contributed by atoms with Crippen LogP contribution >= 0.6 is 11.3 Å². The number of aryl methyl sites for hydroxylation is 1. The third-order valence-corrected chi connectivity index (χ3v) is 6.10. The lowest BCUT2D eigenvalue weighted by Gasteiger charge is -2.22. The Morgan fingerprint density at radius 3 is 2.52 bits per heavy atom. The number of carbonyl (C=O) groups is 1. The summed E-state index contributed by atoms with van der Waals surface area (Å²) >= 11 is 1.45. The molecule has 29 heavy (non-hydrogen) atoms. The van der Waals surface area contributed by atoms with E-state index in [1.54, 1.807) is 7.11 Å². The number of carbonyl (C=O) groups excluding carboxylic acids is 1. The summed E-state index contributed by atoms with van der Waals surface area (Å²) in [6.45, 7) is 4.91. The number of pyridine rings is 1. The van der Waals surface area contributed by atoms with Crippen molar-refractivity contribution >= 4 is 44.1 Å². The van der Waals surface area contributed by atoms with Gasteiger partial charge >= 0.3 is 0 Å². The largest absolute Gasteiger partial charge is 0.497 e. The molecule has 5 heteroatoms. The van der Waals surface area contributed by atoms with Gasteiger partial charge in [-0.05, 0) is 54.8 Å². The van der Waals surface area contributed by atoms with Gasteiger partial charge in [0, 0.05) is 29.1 Å². The number of fused-ring (bicyclic) bond motifs is 2. The Morgan fingerprint density at radius 1 is 1.03 bits per heavy atom. The number of benzene rings is 2. The highest BCUT2D eigenvalue weighted by Crippen LogP contribution is 2.31. The summed E-state index contributed by atoms with van der Waals surface area (Å²) in [5, 5.41) is 2.03. The summed E-state index contributed by atoms with van der Waals surface area (Å²) < 4.78 is 5.30. The highest BCUT2D eigenvalue weighted by molar-refractivity contribution is 7.20. The monoisotopic (exact) mass is 404 g/mol. The van der Waals surface area contributed by atoms with Crippen molar-refractivity contribution in [3.8, 4) is 5.75 Å². The van der Waals surface area contributed by atoms with Gasteiger partial charge in [0.1, 0.15) is 10.6 Å². The van der Waals surface area contributed by atoms with E-state index in [2.05, 4.69) is 32.0 Å². The van der Waals surface area contributed by atoms with Crippen molar-refractivity contribution in [2.24, 2.45) is 0 Å². The number of ether oxygens (including phenoxy) is 1. The van der Waals surface area contributed by atoms with Crippen LogP contribution in [-0.2, 0) is 6.42 Å². The predicted molar refractivity (Wildman–Crippen MR) is 121 cm³/mol. The van der Waals surface area contributed by atoms with Crippen molar-refractivity contribution in [3.63, 3.8) is 0 Å². The first-order valence-corrected chi connectivity index (χ1v) is 10.7. The molecule has 0 spiro atoms. The molecule has 4 rings (SSSR count). The zero-order valence-electron chi connectivity index (χ0n) is 16.9. The van der Waals surface area contributed by atoms with E-state index in [0.29, 0.717) is 11.4 Å². The van der Waals surface area contributed by atoms with E-state index >= 15 is 0 Å². The van der Waals surface area contributed by atoms with E-state index in [1.807, 2.05) is 41.3 Å². The summed E-state index contributed by atoms with van der Waals surface area (Å²) in [4.78, 5) is 21.5. The maximum absolute atomic E-state index is 13.3. The third kappa shape index (κ3) is 3.83. The molecule has 0 N–H and O–H groups in total. The first-order chi connectivity index (χ1) is 14.1. The third-order valence-electron chi connectivity index (χ3n) is 5.07. The molecule has 2 aromatic carbocycles. The molecule has 4 aromatic rings. The molecule has 0 saturated carbocycles. The highest BCUT2D eigenvalue weighted by atomic mass is 32.1. The standard InChI is InChI=1S/C24H24N2O2S/c1-4-12-26(19-9-6-16(5-2)7-10-19)24(27)22-14-18-13-17-8-11-20(28-3)15-21(17)25-23(18)29-22/h6-11,13-15H,4-5,12H2,1-3H3. The molecule has 0 aliphatic rings. The van der Waals surface area contributed by atoms with Crippen LogP contribution in [0.5, 0.6) is 5.75 Å². The number of amides is 1. The van der Waals surface area contributed by atoms with Crippen LogP contribution in [0.1, 0.15) is 35.5 Å². The second-order valence-electron chi connectivity index (χ2n) is 7.03. The van der Waals surface area contributed by atoms with E-state index < -0.39 is 0 Å². The van der Waals surface area contributed by atoms with Crippen LogP contribution in [0.4, 0.5) is 5.69 Å². The van der Waals surface area contributed by atoms with Crippen LogP contribution in [0.25, 0.3) is 21.1 Å². The Hall–Kier alpha value is -2.92. The summed E-state index contributed by atoms with van der Waals surface area (Å²) in [6.07, 6.45) is 1.89. The van der Waals surface area contributed by atoms with Crippen molar-refractivity contribution in [1.82, 2.24) is 4.98 Å². The summed E-state index contributed by atoms with van der Waals surface area (Å²) in [5.41, 5.74) is 3.08. The lowest BCUT2D eigenvalue weighted by molar-refractivity contribution is 0.0991. The van der Waals surface area contributed by atoms with Gasteiger partial charge in [-0.2, -0.15) is 0 Å². The molecule has 1 amide bonds. The lowest BCUT2D eigenvalue weighted by atomic mass is 10.1. The van der Waals surface area contributed by atoms with E-state index in [9.17, 15) is 4.79 Å². The van der Waals surface area contributed by atoms with Gasteiger partial charge < -0.3 is 9.64 Å². The number of anilines is 1. The van der Waals surface area contributed by atoms with Gasteiger partial charge in [0.2, 0.25) is 0 Å². The molecular weight excluding hydrogens is 380 g/mol. The summed E-state index contributed by atoms with van der Waals surface area (Å²) in [7, 11) is 1.65. The molecule has 0 atom stereocenters. The molecule has 0 fully saturated rings. The van der Waals surface area contributed by atoms with E-state index in [4.69, 9.17) is 9.72 Å². The maximum atomic E-state index is 13.3. The molecule has 0 radical (unpaired) electrons. The molecule has 0 saturated heterocycles. The molecule has 0 aliphatic heterocycles. The zero-order chi connectivity index (χ0) is 20.4.